The standard InChI is InChI=1S/C12H16O5S.C11H12O5S/c1-15-10-7-9(5-6-18(4,13)14)8-11(16-2)12(10)17-3;1-14-9-6-8(4-5-17(12)13)7-10(15-2)11(9)16-3/h5-8H,1-4H3;4,6-7H,1-3H3. The van der Waals surface area contributed by atoms with E-state index in [9.17, 15) is 16.8 Å². The van der Waals surface area contributed by atoms with Gasteiger partial charge in [-0.1, -0.05) is 0 Å². The van der Waals surface area contributed by atoms with E-state index < -0.39 is 20.1 Å². The molecule has 10 nitrogen and oxygen atoms in total. The van der Waals surface area contributed by atoms with E-state index in [4.69, 9.17) is 28.4 Å². The second-order valence-corrected chi connectivity index (χ2v) is 9.18. The van der Waals surface area contributed by atoms with E-state index in [0.29, 0.717) is 45.6 Å². The highest BCUT2D eigenvalue weighted by Crippen LogP contribution is 2.39. The van der Waals surface area contributed by atoms with Gasteiger partial charge in [-0.3, -0.25) is 0 Å². The van der Waals surface area contributed by atoms with Crippen molar-refractivity contribution in [3.8, 4) is 34.5 Å². The van der Waals surface area contributed by atoms with Crippen LogP contribution in [-0.4, -0.2) is 70.8 Å². The van der Waals surface area contributed by atoms with Gasteiger partial charge in [0.25, 0.3) is 10.3 Å². The maximum atomic E-state index is 11.1. The van der Waals surface area contributed by atoms with Crippen LogP contribution in [0.4, 0.5) is 0 Å². The third-order valence-corrected chi connectivity index (χ3v) is 5.14. The van der Waals surface area contributed by atoms with Crippen LogP contribution in [0.5, 0.6) is 34.5 Å². The zero-order valence-electron chi connectivity index (χ0n) is 20.4. The average molecular weight is 529 g/mol. The van der Waals surface area contributed by atoms with Crippen molar-refractivity contribution in [1.82, 2.24) is 0 Å². The van der Waals surface area contributed by atoms with Crippen LogP contribution in [0.2, 0.25) is 0 Å². The second-order valence-electron chi connectivity index (χ2n) is 6.55. The molecule has 0 unspecified atom stereocenters. The molecular weight excluding hydrogens is 500 g/mol. The number of hydrogen-bond donors (Lipinski definition) is 0. The van der Waals surface area contributed by atoms with E-state index in [0.717, 1.165) is 11.7 Å². The molecule has 0 aliphatic heterocycles. The first-order chi connectivity index (χ1) is 16.5. The SMILES string of the molecule is COc1cc(C=C=S(=O)=O)cc(OC)c1OC.COc1cc(C=CS(C)(=O)=O)cc(OC)c1OC. The molecule has 0 amide bonds. The molecule has 0 fully saturated rings. The summed E-state index contributed by atoms with van der Waals surface area (Å²) in [6.07, 6.45) is 3.91. The average Bonchev–Trinajstić information content (AvgIpc) is 2.84. The van der Waals surface area contributed by atoms with Gasteiger partial charge in [0.15, 0.2) is 32.8 Å². The molecule has 35 heavy (non-hydrogen) atoms. The Morgan fingerprint density at radius 1 is 0.686 bits per heavy atom. The third kappa shape index (κ3) is 9.28. The van der Waals surface area contributed by atoms with Crippen LogP contribution in [0.3, 0.4) is 0 Å². The Hall–Kier alpha value is -3.60. The van der Waals surface area contributed by atoms with Gasteiger partial charge in [0.2, 0.25) is 11.5 Å². The van der Waals surface area contributed by atoms with Gasteiger partial charge in [-0.15, -0.1) is 0 Å². The summed E-state index contributed by atoms with van der Waals surface area (Å²) < 4.78 is 73.7. The normalized spacial score (nSPS) is 10.4. The van der Waals surface area contributed by atoms with Crippen molar-refractivity contribution >= 4 is 37.3 Å². The van der Waals surface area contributed by atoms with E-state index in [2.05, 4.69) is 5.02 Å². The first-order valence-corrected chi connectivity index (χ1v) is 12.7. The highest BCUT2D eigenvalue weighted by molar-refractivity contribution is 7.93. The molecular formula is C23H28O10S2. The van der Waals surface area contributed by atoms with E-state index in [-0.39, 0.29) is 0 Å². The summed E-state index contributed by atoms with van der Waals surface area (Å²) in [5.41, 5.74) is 1.23. The van der Waals surface area contributed by atoms with Gasteiger partial charge in [-0.2, -0.15) is 8.42 Å². The van der Waals surface area contributed by atoms with Crippen molar-refractivity contribution in [2.75, 3.05) is 48.9 Å². The van der Waals surface area contributed by atoms with E-state index in [1.807, 2.05) is 0 Å². The lowest BCUT2D eigenvalue weighted by Gasteiger charge is -2.12. The molecule has 2 aromatic rings. The lowest BCUT2D eigenvalue weighted by molar-refractivity contribution is 0.324. The number of ether oxygens (including phenoxy) is 6. The molecule has 192 valence electrons. The topological polar surface area (TPSA) is 124 Å². The minimum Gasteiger partial charge on any atom is -0.493 e. The molecule has 0 radical (unpaired) electrons. The predicted octanol–water partition coefficient (Wildman–Crippen LogP) is 2.73. The van der Waals surface area contributed by atoms with E-state index in [1.165, 1.54) is 54.8 Å². The molecule has 0 heterocycles. The molecule has 0 spiro atoms. The van der Waals surface area contributed by atoms with Crippen LogP contribution in [0, 0.1) is 0 Å². The lowest BCUT2D eigenvalue weighted by atomic mass is 10.2. The fourth-order valence-electron chi connectivity index (χ4n) is 2.70. The fraction of sp³-hybridized carbons (Fsp3) is 0.304. The summed E-state index contributed by atoms with van der Waals surface area (Å²) in [7, 11) is 3.45. The molecule has 12 heteroatoms. The lowest BCUT2D eigenvalue weighted by Crippen LogP contribution is -1.95. The molecule has 0 aliphatic rings. The second kappa shape index (κ2) is 14.0. The van der Waals surface area contributed by atoms with Crippen molar-refractivity contribution in [3.05, 3.63) is 40.8 Å². The molecule has 0 saturated carbocycles. The zero-order chi connectivity index (χ0) is 26.6. The Labute approximate surface area is 206 Å². The Morgan fingerprint density at radius 2 is 1.06 bits per heavy atom. The van der Waals surface area contributed by atoms with Crippen molar-refractivity contribution < 1.29 is 45.3 Å². The maximum Gasteiger partial charge on any atom is 0.260 e. The number of methoxy groups -OCH3 is 6. The zero-order valence-corrected chi connectivity index (χ0v) is 22.1. The van der Waals surface area contributed by atoms with Gasteiger partial charge in [0.1, 0.15) is 0 Å². The summed E-state index contributed by atoms with van der Waals surface area (Å²) in [5, 5.41) is 3.26. The molecule has 0 aliphatic carbocycles. The maximum absolute atomic E-state index is 11.1. The number of benzene rings is 2. The van der Waals surface area contributed by atoms with Crippen molar-refractivity contribution in [1.29, 1.82) is 0 Å². The number of hydrogen-bond acceptors (Lipinski definition) is 10. The largest absolute Gasteiger partial charge is 0.493 e. The molecule has 0 bridgehead atoms. The van der Waals surface area contributed by atoms with Crippen molar-refractivity contribution in [2.24, 2.45) is 0 Å². The summed E-state index contributed by atoms with van der Waals surface area (Å²) in [6.45, 7) is 0. The Morgan fingerprint density at radius 3 is 1.34 bits per heavy atom. The first kappa shape index (κ1) is 29.4. The molecule has 0 saturated heterocycles. The van der Waals surface area contributed by atoms with Gasteiger partial charge < -0.3 is 28.4 Å². The van der Waals surface area contributed by atoms with Crippen LogP contribution in [0.25, 0.3) is 12.2 Å². The summed E-state index contributed by atoms with van der Waals surface area (Å²) in [6, 6.07) is 6.59. The smallest absolute Gasteiger partial charge is 0.260 e. The number of rotatable bonds is 9. The van der Waals surface area contributed by atoms with Crippen LogP contribution >= 0.6 is 0 Å². The minimum atomic E-state index is -3.17. The van der Waals surface area contributed by atoms with Crippen molar-refractivity contribution in [2.45, 2.75) is 0 Å². The first-order valence-electron chi connectivity index (χ1n) is 9.70. The Bertz CT molecular complexity index is 1260. The summed E-state index contributed by atoms with van der Waals surface area (Å²) in [5.74, 6) is 2.79. The highest BCUT2D eigenvalue weighted by Gasteiger charge is 2.13. The van der Waals surface area contributed by atoms with Crippen LogP contribution < -0.4 is 28.4 Å². The van der Waals surface area contributed by atoms with Crippen LogP contribution in [-0.2, 0) is 20.1 Å². The Balaban J connectivity index is 0.000000351. The van der Waals surface area contributed by atoms with Gasteiger partial charge in [0, 0.05) is 22.8 Å². The van der Waals surface area contributed by atoms with E-state index in [1.54, 1.807) is 24.3 Å². The minimum absolute atomic E-state index is 0.454. The summed E-state index contributed by atoms with van der Waals surface area (Å²) >= 11 is 0. The van der Waals surface area contributed by atoms with E-state index >= 15 is 0 Å². The molecule has 0 N–H and O–H groups in total. The molecule has 2 rings (SSSR count). The highest BCUT2D eigenvalue weighted by atomic mass is 32.2. The van der Waals surface area contributed by atoms with Gasteiger partial charge in [-0.25, -0.2) is 8.42 Å². The summed E-state index contributed by atoms with van der Waals surface area (Å²) in [4.78, 5) is 0. The molecule has 0 aromatic heterocycles. The third-order valence-electron chi connectivity index (χ3n) is 4.20. The number of sulfone groups is 1. The van der Waals surface area contributed by atoms with Gasteiger partial charge in [-0.05, 0) is 41.5 Å². The quantitative estimate of drug-likeness (QED) is 0.449. The molecule has 2 aromatic carbocycles. The monoisotopic (exact) mass is 528 g/mol. The van der Waals surface area contributed by atoms with Crippen molar-refractivity contribution in [3.63, 3.8) is 0 Å². The fourth-order valence-corrected chi connectivity index (χ4v) is 3.34. The van der Waals surface area contributed by atoms with Crippen LogP contribution in [0.1, 0.15) is 11.1 Å². The van der Waals surface area contributed by atoms with Gasteiger partial charge in [0.05, 0.1) is 42.7 Å². The molecule has 0 atom stereocenters. The predicted molar refractivity (Wildman–Crippen MR) is 134 cm³/mol. The Kier molecular flexibility index (Phi) is 11.7. The van der Waals surface area contributed by atoms with Crippen LogP contribution in [0.15, 0.2) is 29.7 Å². The van der Waals surface area contributed by atoms with Gasteiger partial charge >= 0.3 is 0 Å².